The van der Waals surface area contributed by atoms with Crippen LogP contribution in [0.3, 0.4) is 0 Å². The van der Waals surface area contributed by atoms with Crippen LogP contribution < -0.4 is 0 Å². The Morgan fingerprint density at radius 3 is 1.92 bits per heavy atom. The number of hydrogen-bond donors (Lipinski definition) is 1. The molecule has 2 bridgehead atoms. The van der Waals surface area contributed by atoms with Gasteiger partial charge in [0.15, 0.2) is 0 Å². The van der Waals surface area contributed by atoms with E-state index in [1.807, 2.05) is 0 Å². The van der Waals surface area contributed by atoms with Crippen LogP contribution >= 0.6 is 0 Å². The maximum Gasteiger partial charge on any atom is 0.407 e. The zero-order valence-electron chi connectivity index (χ0n) is 7.53. The van der Waals surface area contributed by atoms with Crippen LogP contribution in [0.4, 0.5) is 4.79 Å². The standard InChI is InChI=1S/C9H15NO2/c1-5-6(2)8-4-3-7(5)10(8)9(11)12/h5-8H,3-4H2,1-2H3,(H,11,12)/t5?,6?,7-,8+. The molecule has 0 aromatic rings. The van der Waals surface area contributed by atoms with Crippen LogP contribution in [-0.4, -0.2) is 28.2 Å². The Balaban J connectivity index is 2.24. The molecular formula is C9H15NO2. The van der Waals surface area contributed by atoms with Gasteiger partial charge in [0.1, 0.15) is 0 Å². The number of carbonyl (C=O) groups is 1. The monoisotopic (exact) mass is 169 g/mol. The lowest BCUT2D eigenvalue weighted by atomic mass is 9.82. The molecule has 4 atom stereocenters. The molecule has 2 saturated heterocycles. The van der Waals surface area contributed by atoms with Crippen molar-refractivity contribution in [3.63, 3.8) is 0 Å². The number of rotatable bonds is 0. The SMILES string of the molecule is CC1C(C)[C@@H]2CC[C@H]1N2C(=O)O. The predicted molar refractivity (Wildman–Crippen MR) is 45.0 cm³/mol. The molecule has 3 nitrogen and oxygen atoms in total. The van der Waals surface area contributed by atoms with E-state index < -0.39 is 6.09 Å². The summed E-state index contributed by atoms with van der Waals surface area (Å²) in [6, 6.07) is 0.616. The Hall–Kier alpha value is -0.730. The van der Waals surface area contributed by atoms with Crippen molar-refractivity contribution in [1.82, 2.24) is 4.90 Å². The molecule has 68 valence electrons. The lowest BCUT2D eigenvalue weighted by Gasteiger charge is -2.20. The normalized spacial score (nSPS) is 45.3. The lowest BCUT2D eigenvalue weighted by Crippen LogP contribution is -2.35. The summed E-state index contributed by atoms with van der Waals surface area (Å²) in [5.74, 6) is 1.11. The number of nitrogens with zero attached hydrogens (tertiary/aromatic N) is 1. The topological polar surface area (TPSA) is 40.5 Å². The molecule has 2 aliphatic rings. The first-order chi connectivity index (χ1) is 5.63. The minimum absolute atomic E-state index is 0.308. The van der Waals surface area contributed by atoms with Gasteiger partial charge in [0, 0.05) is 12.1 Å². The molecule has 0 radical (unpaired) electrons. The Morgan fingerprint density at radius 2 is 1.67 bits per heavy atom. The molecule has 0 spiro atoms. The van der Waals surface area contributed by atoms with Gasteiger partial charge < -0.3 is 10.0 Å². The molecule has 2 heterocycles. The molecule has 1 N–H and O–H groups in total. The molecule has 12 heavy (non-hydrogen) atoms. The van der Waals surface area contributed by atoms with Crippen molar-refractivity contribution in [2.75, 3.05) is 0 Å². The van der Waals surface area contributed by atoms with Gasteiger partial charge in [-0.3, -0.25) is 0 Å². The number of amides is 1. The molecule has 2 rings (SSSR count). The predicted octanol–water partition coefficient (Wildman–Crippen LogP) is 1.78. The summed E-state index contributed by atoms with van der Waals surface area (Å²) in [5, 5.41) is 8.96. The molecular weight excluding hydrogens is 154 g/mol. The molecule has 1 amide bonds. The average Bonchev–Trinajstić information content (AvgIpc) is 2.51. The van der Waals surface area contributed by atoms with Crippen molar-refractivity contribution in [1.29, 1.82) is 0 Å². The maximum atomic E-state index is 10.9. The van der Waals surface area contributed by atoms with E-state index in [-0.39, 0.29) is 0 Å². The molecule has 0 aromatic carbocycles. The van der Waals surface area contributed by atoms with Crippen LogP contribution in [0.25, 0.3) is 0 Å². The van der Waals surface area contributed by atoms with Crippen LogP contribution in [-0.2, 0) is 0 Å². The van der Waals surface area contributed by atoms with Crippen LogP contribution in [0, 0.1) is 11.8 Å². The maximum absolute atomic E-state index is 10.9. The second-order valence-corrected chi connectivity index (χ2v) is 4.12. The summed E-state index contributed by atoms with van der Waals surface area (Å²) in [6.45, 7) is 4.34. The van der Waals surface area contributed by atoms with Gasteiger partial charge in [0.2, 0.25) is 0 Å². The zero-order valence-corrected chi connectivity index (χ0v) is 7.53. The van der Waals surface area contributed by atoms with E-state index in [9.17, 15) is 4.79 Å². The van der Waals surface area contributed by atoms with Crippen LogP contribution in [0.2, 0.25) is 0 Å². The van der Waals surface area contributed by atoms with Crippen LogP contribution in [0.1, 0.15) is 26.7 Å². The highest BCUT2D eigenvalue weighted by atomic mass is 16.4. The van der Waals surface area contributed by atoms with Crippen LogP contribution in [0.5, 0.6) is 0 Å². The minimum atomic E-state index is -0.723. The third-order valence-corrected chi connectivity index (χ3v) is 3.74. The van der Waals surface area contributed by atoms with E-state index in [2.05, 4.69) is 13.8 Å². The third kappa shape index (κ3) is 0.793. The Morgan fingerprint density at radius 1 is 1.25 bits per heavy atom. The highest BCUT2D eigenvalue weighted by Gasteiger charge is 2.51. The summed E-state index contributed by atoms with van der Waals surface area (Å²) in [5.41, 5.74) is 0. The molecule has 2 fully saturated rings. The van der Waals surface area contributed by atoms with Gasteiger partial charge in [-0.1, -0.05) is 13.8 Å². The van der Waals surface area contributed by atoms with E-state index in [1.54, 1.807) is 4.90 Å². The van der Waals surface area contributed by atoms with Crippen LogP contribution in [0.15, 0.2) is 0 Å². The first-order valence-electron chi connectivity index (χ1n) is 4.64. The van der Waals surface area contributed by atoms with E-state index >= 15 is 0 Å². The quantitative estimate of drug-likeness (QED) is 0.600. The van der Waals surface area contributed by atoms with Gasteiger partial charge in [-0.05, 0) is 24.7 Å². The Bertz CT molecular complexity index is 201. The minimum Gasteiger partial charge on any atom is -0.465 e. The van der Waals surface area contributed by atoms with E-state index in [1.165, 1.54) is 0 Å². The fraction of sp³-hybridized carbons (Fsp3) is 0.889. The Labute approximate surface area is 72.4 Å². The third-order valence-electron chi connectivity index (χ3n) is 3.74. The van der Waals surface area contributed by atoms with Gasteiger partial charge in [0.05, 0.1) is 0 Å². The van der Waals surface area contributed by atoms with Gasteiger partial charge in [-0.15, -0.1) is 0 Å². The van der Waals surface area contributed by atoms with Crippen molar-refractivity contribution in [2.24, 2.45) is 11.8 Å². The Kier molecular flexibility index (Phi) is 1.56. The molecule has 0 aliphatic carbocycles. The zero-order chi connectivity index (χ0) is 8.88. The van der Waals surface area contributed by atoms with E-state index in [0.29, 0.717) is 23.9 Å². The molecule has 0 saturated carbocycles. The van der Waals surface area contributed by atoms with Crippen molar-refractivity contribution in [2.45, 2.75) is 38.8 Å². The smallest absolute Gasteiger partial charge is 0.407 e. The van der Waals surface area contributed by atoms with Gasteiger partial charge in [0.25, 0.3) is 0 Å². The fourth-order valence-corrected chi connectivity index (χ4v) is 2.88. The summed E-state index contributed by atoms with van der Waals surface area (Å²) in [4.78, 5) is 12.6. The second-order valence-electron chi connectivity index (χ2n) is 4.12. The number of carboxylic acid groups (broad SMARTS) is 1. The second kappa shape index (κ2) is 2.38. The van der Waals surface area contributed by atoms with E-state index in [0.717, 1.165) is 12.8 Å². The van der Waals surface area contributed by atoms with Gasteiger partial charge in [-0.2, -0.15) is 0 Å². The number of fused-ring (bicyclic) bond motifs is 2. The summed E-state index contributed by atoms with van der Waals surface area (Å²) in [6.07, 6.45) is 1.42. The van der Waals surface area contributed by atoms with Crippen molar-refractivity contribution < 1.29 is 9.90 Å². The van der Waals surface area contributed by atoms with Crippen molar-refractivity contribution in [3.05, 3.63) is 0 Å². The average molecular weight is 169 g/mol. The summed E-state index contributed by atoms with van der Waals surface area (Å²) in [7, 11) is 0. The summed E-state index contributed by atoms with van der Waals surface area (Å²) < 4.78 is 0. The largest absolute Gasteiger partial charge is 0.465 e. The van der Waals surface area contributed by atoms with Gasteiger partial charge in [-0.25, -0.2) is 4.79 Å². The highest BCUT2D eigenvalue weighted by Crippen LogP contribution is 2.45. The number of hydrogen-bond acceptors (Lipinski definition) is 1. The highest BCUT2D eigenvalue weighted by molar-refractivity contribution is 5.67. The first kappa shape index (κ1) is 7.90. The first-order valence-corrected chi connectivity index (χ1v) is 4.64. The van der Waals surface area contributed by atoms with Gasteiger partial charge >= 0.3 is 6.09 Å². The molecule has 2 unspecified atom stereocenters. The van der Waals surface area contributed by atoms with E-state index in [4.69, 9.17) is 5.11 Å². The molecule has 3 heteroatoms. The summed E-state index contributed by atoms with van der Waals surface area (Å²) >= 11 is 0. The molecule has 0 aromatic heterocycles. The molecule has 2 aliphatic heterocycles. The van der Waals surface area contributed by atoms with Crippen molar-refractivity contribution in [3.8, 4) is 0 Å². The fourth-order valence-electron chi connectivity index (χ4n) is 2.88. The lowest BCUT2D eigenvalue weighted by molar-refractivity contribution is 0.135. The van der Waals surface area contributed by atoms with Crippen molar-refractivity contribution >= 4 is 6.09 Å².